The Hall–Kier alpha value is -3.86. The first kappa shape index (κ1) is 25.4. The molecule has 39 heavy (non-hydrogen) atoms. The van der Waals surface area contributed by atoms with Crippen molar-refractivity contribution in [2.45, 2.75) is 76.9 Å². The van der Waals surface area contributed by atoms with Crippen molar-refractivity contribution >= 4 is 23.3 Å². The van der Waals surface area contributed by atoms with Crippen molar-refractivity contribution in [1.82, 2.24) is 9.47 Å². The number of aromatic nitrogens is 1. The quantitative estimate of drug-likeness (QED) is 0.229. The Bertz CT molecular complexity index is 1570. The van der Waals surface area contributed by atoms with E-state index in [1.54, 1.807) is 0 Å². The molecule has 1 heterocycles. The number of fused-ring (bicyclic) bond motifs is 1. The van der Waals surface area contributed by atoms with Crippen LogP contribution in [0.2, 0.25) is 0 Å². The van der Waals surface area contributed by atoms with E-state index in [0.29, 0.717) is 31.8 Å². The van der Waals surface area contributed by atoms with Crippen LogP contribution in [0.15, 0.2) is 66.7 Å². The summed E-state index contributed by atoms with van der Waals surface area (Å²) in [6, 6.07) is 23.3. The van der Waals surface area contributed by atoms with Crippen molar-refractivity contribution in [2.24, 2.45) is 0 Å². The first-order valence-corrected chi connectivity index (χ1v) is 14.0. The van der Waals surface area contributed by atoms with E-state index >= 15 is 0 Å². The average Bonchev–Trinajstić information content (AvgIpc) is 3.87. The SMILES string of the molecule is Cc1c(C)n(Cc2cccc(C3(C(=O)O)CC3)c2)c2ccc(CN(C=O)C(C)c3cccc(C4CC4)c3)cc12. The minimum absolute atomic E-state index is 0.00262. The molecule has 1 atom stereocenters. The number of carbonyl (C=O) groups is 2. The second kappa shape index (κ2) is 9.71. The van der Waals surface area contributed by atoms with Gasteiger partial charge in [-0.15, -0.1) is 0 Å². The normalized spacial score (nSPS) is 16.7. The van der Waals surface area contributed by atoms with E-state index in [9.17, 15) is 14.7 Å². The predicted molar refractivity (Wildman–Crippen MR) is 154 cm³/mol. The van der Waals surface area contributed by atoms with Crippen molar-refractivity contribution in [1.29, 1.82) is 0 Å². The highest BCUT2D eigenvalue weighted by molar-refractivity contribution is 5.86. The fourth-order valence-corrected chi connectivity index (χ4v) is 6.06. The Labute approximate surface area is 230 Å². The second-order valence-corrected chi connectivity index (χ2v) is 11.6. The first-order valence-electron chi connectivity index (χ1n) is 14.0. The molecular formula is C34H36N2O3. The molecular weight excluding hydrogens is 484 g/mol. The van der Waals surface area contributed by atoms with Gasteiger partial charge in [0.15, 0.2) is 0 Å². The average molecular weight is 521 g/mol. The summed E-state index contributed by atoms with van der Waals surface area (Å²) in [6.07, 6.45) is 4.92. The molecule has 0 saturated heterocycles. The van der Waals surface area contributed by atoms with Crippen LogP contribution in [0.4, 0.5) is 0 Å². The number of rotatable bonds is 10. The van der Waals surface area contributed by atoms with Crippen molar-refractivity contribution < 1.29 is 14.7 Å². The van der Waals surface area contributed by atoms with Gasteiger partial charge in [-0.05, 0) is 97.9 Å². The lowest BCUT2D eigenvalue weighted by molar-refractivity contribution is -0.140. The molecule has 2 aliphatic carbocycles. The molecule has 1 unspecified atom stereocenters. The lowest BCUT2D eigenvalue weighted by atomic mass is 9.94. The Morgan fingerprint density at radius 3 is 2.51 bits per heavy atom. The largest absolute Gasteiger partial charge is 0.481 e. The number of aliphatic carboxylic acids is 1. The van der Waals surface area contributed by atoms with E-state index in [0.717, 1.165) is 28.6 Å². The predicted octanol–water partition coefficient (Wildman–Crippen LogP) is 7.02. The molecule has 5 heteroatoms. The molecule has 2 saturated carbocycles. The van der Waals surface area contributed by atoms with Gasteiger partial charge in [-0.3, -0.25) is 9.59 Å². The van der Waals surface area contributed by atoms with Crippen LogP contribution >= 0.6 is 0 Å². The molecule has 0 bridgehead atoms. The van der Waals surface area contributed by atoms with Gasteiger partial charge >= 0.3 is 5.97 Å². The number of carboxylic acid groups (broad SMARTS) is 1. The van der Waals surface area contributed by atoms with Gasteiger partial charge in [-0.2, -0.15) is 0 Å². The molecule has 6 rings (SSSR count). The zero-order chi connectivity index (χ0) is 27.3. The Morgan fingerprint density at radius 2 is 1.82 bits per heavy atom. The van der Waals surface area contributed by atoms with Crippen molar-refractivity contribution in [2.75, 3.05) is 0 Å². The second-order valence-electron chi connectivity index (χ2n) is 11.6. The van der Waals surface area contributed by atoms with Crippen LogP contribution in [-0.2, 0) is 28.1 Å². The maximum atomic E-state index is 12.2. The minimum Gasteiger partial charge on any atom is -0.481 e. The summed E-state index contributed by atoms with van der Waals surface area (Å²) in [5.74, 6) is -0.0334. The highest BCUT2D eigenvalue weighted by atomic mass is 16.4. The fourth-order valence-electron chi connectivity index (χ4n) is 6.06. The minimum atomic E-state index is -0.722. The van der Waals surface area contributed by atoms with Gasteiger partial charge < -0.3 is 14.6 Å². The molecule has 1 aromatic heterocycles. The number of benzene rings is 3. The zero-order valence-electron chi connectivity index (χ0n) is 23.0. The summed E-state index contributed by atoms with van der Waals surface area (Å²) >= 11 is 0. The number of nitrogens with zero attached hydrogens (tertiary/aromatic N) is 2. The third kappa shape index (κ3) is 4.64. The van der Waals surface area contributed by atoms with Crippen LogP contribution in [0, 0.1) is 13.8 Å². The smallest absolute Gasteiger partial charge is 0.314 e. The maximum Gasteiger partial charge on any atom is 0.314 e. The summed E-state index contributed by atoms with van der Waals surface area (Å²) < 4.78 is 2.32. The maximum absolute atomic E-state index is 12.2. The fraction of sp³-hybridized carbons (Fsp3) is 0.353. The molecule has 2 aliphatic rings. The first-order chi connectivity index (χ1) is 18.8. The van der Waals surface area contributed by atoms with Crippen LogP contribution in [0.1, 0.15) is 83.6 Å². The lowest BCUT2D eigenvalue weighted by Crippen LogP contribution is -2.25. The molecule has 5 nitrogen and oxygen atoms in total. The molecule has 0 radical (unpaired) electrons. The summed E-state index contributed by atoms with van der Waals surface area (Å²) in [5, 5.41) is 10.9. The number of amides is 1. The van der Waals surface area contributed by atoms with Gasteiger partial charge in [0.2, 0.25) is 6.41 Å². The molecule has 4 aromatic rings. The van der Waals surface area contributed by atoms with Gasteiger partial charge in [0.1, 0.15) is 0 Å². The Balaban J connectivity index is 1.25. The van der Waals surface area contributed by atoms with Crippen molar-refractivity contribution in [3.8, 4) is 0 Å². The molecule has 3 aromatic carbocycles. The van der Waals surface area contributed by atoms with Gasteiger partial charge in [-0.1, -0.05) is 54.6 Å². The van der Waals surface area contributed by atoms with Crippen LogP contribution in [-0.4, -0.2) is 27.0 Å². The molecule has 2 fully saturated rings. The van der Waals surface area contributed by atoms with E-state index in [2.05, 4.69) is 79.9 Å². The summed E-state index contributed by atoms with van der Waals surface area (Å²) in [5.41, 5.74) is 8.59. The summed E-state index contributed by atoms with van der Waals surface area (Å²) in [4.78, 5) is 25.9. The summed E-state index contributed by atoms with van der Waals surface area (Å²) in [7, 11) is 0. The number of aryl methyl sites for hydroxylation is 1. The van der Waals surface area contributed by atoms with Crippen molar-refractivity contribution in [3.63, 3.8) is 0 Å². The monoisotopic (exact) mass is 520 g/mol. The topological polar surface area (TPSA) is 62.5 Å². The molecule has 200 valence electrons. The standard InChI is InChI=1S/C34H36N2O3/c1-22-23(2)36(20-25-6-4-9-30(16-25)34(14-15-34)33(38)39)32-13-10-26(17-31(22)32)19-35(21-37)24(3)28-7-5-8-29(18-28)27-11-12-27/h4-10,13,16-18,21,24,27H,11-12,14-15,19-20H2,1-3H3,(H,38,39). The Kier molecular flexibility index (Phi) is 6.33. The number of hydrogen-bond acceptors (Lipinski definition) is 2. The Morgan fingerprint density at radius 1 is 1.05 bits per heavy atom. The number of carbonyl (C=O) groups excluding carboxylic acids is 1. The van der Waals surface area contributed by atoms with Crippen LogP contribution in [0.5, 0.6) is 0 Å². The van der Waals surface area contributed by atoms with Gasteiger partial charge in [0.05, 0.1) is 11.5 Å². The van der Waals surface area contributed by atoms with Gasteiger partial charge in [0.25, 0.3) is 0 Å². The van der Waals surface area contributed by atoms with E-state index < -0.39 is 11.4 Å². The third-order valence-corrected chi connectivity index (χ3v) is 9.12. The highest BCUT2D eigenvalue weighted by Crippen LogP contribution is 2.48. The van der Waals surface area contributed by atoms with Crippen LogP contribution in [0.25, 0.3) is 10.9 Å². The van der Waals surface area contributed by atoms with E-state index in [-0.39, 0.29) is 6.04 Å². The summed E-state index contributed by atoms with van der Waals surface area (Å²) in [6.45, 7) is 7.65. The molecule has 0 aliphatic heterocycles. The van der Waals surface area contributed by atoms with Crippen LogP contribution in [0.3, 0.4) is 0 Å². The zero-order valence-corrected chi connectivity index (χ0v) is 23.0. The van der Waals surface area contributed by atoms with Crippen LogP contribution < -0.4 is 0 Å². The lowest BCUT2D eigenvalue weighted by Gasteiger charge is -2.26. The molecule has 1 amide bonds. The molecule has 1 N–H and O–H groups in total. The van der Waals surface area contributed by atoms with Gasteiger partial charge in [-0.25, -0.2) is 0 Å². The van der Waals surface area contributed by atoms with E-state index in [4.69, 9.17) is 0 Å². The number of hydrogen-bond donors (Lipinski definition) is 1. The van der Waals surface area contributed by atoms with E-state index in [1.807, 2.05) is 17.0 Å². The number of carboxylic acids is 1. The third-order valence-electron chi connectivity index (χ3n) is 9.12. The van der Waals surface area contributed by atoms with Gasteiger partial charge in [0, 0.05) is 29.7 Å². The van der Waals surface area contributed by atoms with Crippen molar-refractivity contribution in [3.05, 3.63) is 106 Å². The molecule has 0 spiro atoms. The highest BCUT2D eigenvalue weighted by Gasteiger charge is 2.51. The van der Waals surface area contributed by atoms with E-state index in [1.165, 1.54) is 40.6 Å².